The topological polar surface area (TPSA) is 89.0 Å². The molecule has 11 heteroatoms. The summed E-state index contributed by atoms with van der Waals surface area (Å²) in [6, 6.07) is 16.4. The average molecular weight is 562 g/mol. The summed E-state index contributed by atoms with van der Waals surface area (Å²) >= 11 is 1.31. The molecule has 2 heterocycles. The lowest BCUT2D eigenvalue weighted by atomic mass is 10.0. The van der Waals surface area contributed by atoms with Crippen molar-refractivity contribution in [2.45, 2.75) is 4.90 Å². The maximum atomic E-state index is 14.0. The lowest BCUT2D eigenvalue weighted by Gasteiger charge is -2.29. The Morgan fingerprint density at radius 2 is 1.81 bits per heavy atom. The number of morpholine rings is 1. The zero-order chi connectivity index (χ0) is 25.3. The minimum atomic E-state index is -3.36. The first-order chi connectivity index (χ1) is 17.3. The highest BCUT2D eigenvalue weighted by atomic mass is 35.5. The van der Waals surface area contributed by atoms with Crippen molar-refractivity contribution in [1.29, 1.82) is 0 Å². The van der Waals surface area contributed by atoms with Gasteiger partial charge in [-0.2, -0.15) is 0 Å². The summed E-state index contributed by atoms with van der Waals surface area (Å²) in [5.74, 6) is 0.281. The van der Waals surface area contributed by atoms with E-state index in [2.05, 4.69) is 4.90 Å². The third-order valence-corrected chi connectivity index (χ3v) is 8.45. The largest absolute Gasteiger partial charge is 0.496 e. The number of sulfone groups is 1. The van der Waals surface area contributed by atoms with E-state index in [-0.39, 0.29) is 23.2 Å². The first-order valence-corrected chi connectivity index (χ1v) is 14.3. The molecule has 1 amide bonds. The Balaban J connectivity index is 0.00000320. The maximum absolute atomic E-state index is 14.0. The van der Waals surface area contributed by atoms with Gasteiger partial charge in [-0.05, 0) is 41.1 Å². The van der Waals surface area contributed by atoms with Gasteiger partial charge in [0.05, 0.1) is 41.0 Å². The van der Waals surface area contributed by atoms with Crippen molar-refractivity contribution in [3.8, 4) is 5.75 Å². The van der Waals surface area contributed by atoms with Crippen LogP contribution in [0.5, 0.6) is 5.75 Å². The minimum absolute atomic E-state index is 0. The van der Waals surface area contributed by atoms with E-state index in [1.165, 1.54) is 17.6 Å². The smallest absolute Gasteiger partial charge is 0.263 e. The highest BCUT2D eigenvalue weighted by Crippen LogP contribution is 2.33. The number of methoxy groups -OCH3 is 1. The molecule has 1 fully saturated rings. The predicted molar refractivity (Wildman–Crippen MR) is 149 cm³/mol. The molecule has 0 bridgehead atoms. The molecule has 0 aliphatic carbocycles. The number of carbonyl (C=O) groups is 1. The summed E-state index contributed by atoms with van der Waals surface area (Å²) in [6.45, 7) is 4.03. The molecule has 0 unspecified atom stereocenters. The molecule has 1 aliphatic rings. The Labute approximate surface area is 226 Å². The van der Waals surface area contributed by atoms with Crippen LogP contribution >= 0.6 is 23.7 Å². The third kappa shape index (κ3) is 5.89. The van der Waals surface area contributed by atoms with E-state index in [9.17, 15) is 13.2 Å². The molecule has 0 saturated carbocycles. The van der Waals surface area contributed by atoms with E-state index in [0.29, 0.717) is 53.0 Å². The van der Waals surface area contributed by atoms with E-state index in [0.717, 1.165) is 23.9 Å². The molecule has 0 N–H and O–H groups in total. The van der Waals surface area contributed by atoms with Crippen molar-refractivity contribution in [1.82, 2.24) is 9.88 Å². The number of fused-ring (bicyclic) bond motifs is 2. The number of rotatable bonds is 7. The predicted octanol–water partition coefficient (Wildman–Crippen LogP) is 4.26. The van der Waals surface area contributed by atoms with Crippen LogP contribution in [-0.2, 0) is 14.6 Å². The highest BCUT2D eigenvalue weighted by Gasteiger charge is 2.26. The van der Waals surface area contributed by atoms with Gasteiger partial charge in [0.1, 0.15) is 5.75 Å². The van der Waals surface area contributed by atoms with Crippen LogP contribution < -0.4 is 9.64 Å². The molecule has 1 saturated heterocycles. The molecule has 196 valence electrons. The van der Waals surface area contributed by atoms with Gasteiger partial charge >= 0.3 is 0 Å². The number of benzene rings is 3. The number of anilines is 1. The van der Waals surface area contributed by atoms with E-state index >= 15 is 0 Å². The minimum Gasteiger partial charge on any atom is -0.496 e. The lowest BCUT2D eigenvalue weighted by molar-refractivity contribution is 0.0391. The summed E-state index contributed by atoms with van der Waals surface area (Å²) in [7, 11) is -1.80. The summed E-state index contributed by atoms with van der Waals surface area (Å²) in [5, 5.41) is 2.44. The number of ether oxygens (including phenoxy) is 2. The second-order valence-electron chi connectivity index (χ2n) is 8.71. The van der Waals surface area contributed by atoms with Crippen LogP contribution in [0.25, 0.3) is 21.0 Å². The van der Waals surface area contributed by atoms with E-state index in [4.69, 9.17) is 14.5 Å². The van der Waals surface area contributed by atoms with Crippen molar-refractivity contribution >= 4 is 65.6 Å². The second-order valence-corrected chi connectivity index (χ2v) is 11.7. The third-order valence-electron chi connectivity index (χ3n) is 6.29. The number of aromatic nitrogens is 1. The van der Waals surface area contributed by atoms with Crippen LogP contribution in [0.2, 0.25) is 0 Å². The summed E-state index contributed by atoms with van der Waals surface area (Å²) in [6.07, 6.45) is 1.18. The van der Waals surface area contributed by atoms with E-state index < -0.39 is 9.84 Å². The fourth-order valence-electron chi connectivity index (χ4n) is 4.29. The average Bonchev–Trinajstić information content (AvgIpc) is 3.31. The molecule has 4 aromatic rings. The molecule has 1 aliphatic heterocycles. The van der Waals surface area contributed by atoms with Gasteiger partial charge in [-0.25, -0.2) is 13.4 Å². The van der Waals surface area contributed by atoms with Crippen LogP contribution in [0.4, 0.5) is 5.13 Å². The zero-order valence-corrected chi connectivity index (χ0v) is 23.0. The van der Waals surface area contributed by atoms with Gasteiger partial charge in [-0.15, -0.1) is 12.4 Å². The second kappa shape index (κ2) is 11.3. The quantitative estimate of drug-likeness (QED) is 0.333. The van der Waals surface area contributed by atoms with Gasteiger partial charge in [-0.3, -0.25) is 14.6 Å². The lowest BCUT2D eigenvalue weighted by Crippen LogP contribution is -2.43. The van der Waals surface area contributed by atoms with Gasteiger partial charge in [0.15, 0.2) is 15.0 Å². The molecule has 8 nitrogen and oxygen atoms in total. The van der Waals surface area contributed by atoms with Crippen molar-refractivity contribution in [3.05, 3.63) is 60.2 Å². The fourth-order valence-corrected chi connectivity index (χ4v) is 6.04. The molecular weight excluding hydrogens is 534 g/mol. The van der Waals surface area contributed by atoms with Crippen LogP contribution in [-0.4, -0.2) is 77.0 Å². The Morgan fingerprint density at radius 1 is 1.11 bits per heavy atom. The Bertz CT molecular complexity index is 1530. The van der Waals surface area contributed by atoms with Crippen LogP contribution in [0.15, 0.2) is 59.5 Å². The number of halogens is 1. The van der Waals surface area contributed by atoms with Gasteiger partial charge < -0.3 is 9.47 Å². The van der Waals surface area contributed by atoms with Gasteiger partial charge in [0.25, 0.3) is 5.91 Å². The number of hydrogen-bond donors (Lipinski definition) is 0. The molecule has 0 spiro atoms. The highest BCUT2D eigenvalue weighted by molar-refractivity contribution is 7.90. The Kier molecular flexibility index (Phi) is 8.35. The van der Waals surface area contributed by atoms with Crippen LogP contribution in [0.3, 0.4) is 0 Å². The molecule has 5 rings (SSSR count). The number of thiazole rings is 1. The van der Waals surface area contributed by atoms with Gasteiger partial charge in [0, 0.05) is 32.4 Å². The first kappa shape index (κ1) is 27.3. The summed E-state index contributed by atoms with van der Waals surface area (Å²) in [5.41, 5.74) is 1.10. The van der Waals surface area contributed by atoms with Gasteiger partial charge in [-0.1, -0.05) is 35.6 Å². The monoisotopic (exact) mass is 561 g/mol. The normalized spacial score (nSPS) is 14.4. The standard InChI is InChI=1S/C26H27N3O5S2.ClH/c1-33-23-16-19-6-4-3-5-18(19)15-21(23)25(30)29(10-9-28-11-13-34-14-12-28)26-27-22-8-7-20(36(2,31)32)17-24(22)35-26;/h3-8,15-17H,9-14H2,1-2H3;1H. The van der Waals surface area contributed by atoms with Crippen LogP contribution in [0, 0.1) is 0 Å². The molecular formula is C26H28ClN3O5S2. The molecule has 37 heavy (non-hydrogen) atoms. The molecule has 3 aromatic carbocycles. The fraction of sp³-hybridized carbons (Fsp3) is 0.308. The zero-order valence-electron chi connectivity index (χ0n) is 20.5. The number of carbonyl (C=O) groups excluding carboxylic acids is 1. The Hall–Kier alpha value is -2.76. The van der Waals surface area contributed by atoms with Gasteiger partial charge in [0.2, 0.25) is 0 Å². The number of amides is 1. The maximum Gasteiger partial charge on any atom is 0.263 e. The summed E-state index contributed by atoms with van der Waals surface area (Å²) < 4.78 is 35.9. The number of nitrogens with zero attached hydrogens (tertiary/aromatic N) is 3. The van der Waals surface area contributed by atoms with Crippen molar-refractivity contribution < 1.29 is 22.7 Å². The van der Waals surface area contributed by atoms with Crippen molar-refractivity contribution in [3.63, 3.8) is 0 Å². The van der Waals surface area contributed by atoms with E-state index in [1.54, 1.807) is 30.2 Å². The SMILES string of the molecule is COc1cc2ccccc2cc1C(=O)N(CCN1CCOCC1)c1nc2ccc(S(C)(=O)=O)cc2s1.Cl. The van der Waals surface area contributed by atoms with Crippen molar-refractivity contribution in [2.75, 3.05) is 57.7 Å². The molecule has 1 aromatic heterocycles. The molecule has 0 atom stereocenters. The van der Waals surface area contributed by atoms with Crippen LogP contribution in [0.1, 0.15) is 10.4 Å². The molecule has 0 radical (unpaired) electrons. The summed E-state index contributed by atoms with van der Waals surface area (Å²) in [4.78, 5) is 22.9. The number of hydrogen-bond acceptors (Lipinski definition) is 8. The Morgan fingerprint density at radius 3 is 2.49 bits per heavy atom. The van der Waals surface area contributed by atoms with Crippen molar-refractivity contribution in [2.24, 2.45) is 0 Å². The first-order valence-electron chi connectivity index (χ1n) is 11.6. The van der Waals surface area contributed by atoms with E-state index in [1.807, 2.05) is 36.4 Å².